The fraction of sp³-hybridized carbons (Fsp3) is 0.778. The number of hydrogen-bond donors (Lipinski definition) is 5. The zero-order valence-electron chi connectivity index (χ0n) is 24.6. The summed E-state index contributed by atoms with van der Waals surface area (Å²) in [5, 5.41) is 13.5. The van der Waals surface area contributed by atoms with E-state index in [9.17, 15) is 28.8 Å². The fourth-order valence-electron chi connectivity index (χ4n) is 5.00. The first-order valence-electron chi connectivity index (χ1n) is 13.9. The lowest BCUT2D eigenvalue weighted by atomic mass is 10.0. The smallest absolute Gasteiger partial charge is 0.408 e. The number of esters is 1. The summed E-state index contributed by atoms with van der Waals surface area (Å²) < 4.78 is 9.82. The summed E-state index contributed by atoms with van der Waals surface area (Å²) in [6.07, 6.45) is 3.05. The highest BCUT2D eigenvalue weighted by Gasteiger charge is 2.38. The molecule has 2 fully saturated rings. The van der Waals surface area contributed by atoms with Gasteiger partial charge in [0.25, 0.3) is 0 Å². The molecule has 40 heavy (non-hydrogen) atoms. The second-order valence-electron chi connectivity index (χ2n) is 11.7. The summed E-state index contributed by atoms with van der Waals surface area (Å²) in [5.41, 5.74) is -0.702. The highest BCUT2D eigenvalue weighted by Crippen LogP contribution is 2.27. The summed E-state index contributed by atoms with van der Waals surface area (Å²) >= 11 is 0. The molecule has 2 saturated carbocycles. The third-order valence-corrected chi connectivity index (χ3v) is 7.15. The van der Waals surface area contributed by atoms with Crippen molar-refractivity contribution < 1.29 is 38.2 Å². The van der Waals surface area contributed by atoms with E-state index in [2.05, 4.69) is 31.3 Å². The SMILES string of the molecule is COC(=O)[C@H](C)NC(=O)[C@H]1CCC[C@@H]1NC(=O)[C@H](C)NC(=O)[C@H]1CCC[C@@H]1NC(=O)[C@H](C)NC(=O)OC(C)(C)C. The third-order valence-electron chi connectivity index (χ3n) is 7.15. The molecule has 2 rings (SSSR count). The van der Waals surface area contributed by atoms with Gasteiger partial charge in [-0.2, -0.15) is 0 Å². The van der Waals surface area contributed by atoms with Crippen LogP contribution in [0.4, 0.5) is 4.79 Å². The first-order chi connectivity index (χ1) is 18.6. The number of rotatable bonds is 10. The molecule has 226 valence electrons. The Morgan fingerprint density at radius 3 is 1.52 bits per heavy atom. The molecule has 0 aliphatic heterocycles. The van der Waals surface area contributed by atoms with Crippen LogP contribution in [0.5, 0.6) is 0 Å². The maximum Gasteiger partial charge on any atom is 0.408 e. The Morgan fingerprint density at radius 2 is 1.10 bits per heavy atom. The predicted molar refractivity (Wildman–Crippen MR) is 145 cm³/mol. The van der Waals surface area contributed by atoms with Crippen LogP contribution in [0.2, 0.25) is 0 Å². The van der Waals surface area contributed by atoms with E-state index in [-0.39, 0.29) is 11.8 Å². The largest absolute Gasteiger partial charge is 0.467 e. The van der Waals surface area contributed by atoms with Gasteiger partial charge in [0.05, 0.1) is 18.9 Å². The molecule has 13 heteroatoms. The molecule has 0 spiro atoms. The summed E-state index contributed by atoms with van der Waals surface area (Å²) in [4.78, 5) is 74.9. The number of amides is 5. The van der Waals surface area contributed by atoms with Crippen molar-refractivity contribution in [1.82, 2.24) is 26.6 Å². The van der Waals surface area contributed by atoms with Crippen LogP contribution < -0.4 is 26.6 Å². The van der Waals surface area contributed by atoms with Crippen LogP contribution in [0.3, 0.4) is 0 Å². The van der Waals surface area contributed by atoms with Gasteiger partial charge < -0.3 is 36.1 Å². The van der Waals surface area contributed by atoms with Crippen LogP contribution in [-0.2, 0) is 33.4 Å². The van der Waals surface area contributed by atoms with Crippen LogP contribution >= 0.6 is 0 Å². The van der Waals surface area contributed by atoms with Crippen molar-refractivity contribution in [3.63, 3.8) is 0 Å². The van der Waals surface area contributed by atoms with Crippen LogP contribution in [0.15, 0.2) is 0 Å². The van der Waals surface area contributed by atoms with Crippen molar-refractivity contribution in [2.24, 2.45) is 11.8 Å². The molecular formula is C27H45N5O8. The first kappa shape index (κ1) is 32.8. The fourth-order valence-corrected chi connectivity index (χ4v) is 5.00. The normalized spacial score (nSPS) is 24.6. The summed E-state index contributed by atoms with van der Waals surface area (Å²) in [7, 11) is 1.24. The Balaban J connectivity index is 1.87. The number of methoxy groups -OCH3 is 1. The van der Waals surface area contributed by atoms with E-state index >= 15 is 0 Å². The molecule has 0 unspecified atom stereocenters. The van der Waals surface area contributed by atoms with Gasteiger partial charge in [-0.1, -0.05) is 12.8 Å². The molecule has 0 radical (unpaired) electrons. The molecule has 0 heterocycles. The highest BCUT2D eigenvalue weighted by atomic mass is 16.6. The molecule has 0 aromatic carbocycles. The van der Waals surface area contributed by atoms with Gasteiger partial charge in [0.1, 0.15) is 23.7 Å². The van der Waals surface area contributed by atoms with E-state index in [4.69, 9.17) is 4.74 Å². The lowest BCUT2D eigenvalue weighted by molar-refractivity contribution is -0.145. The van der Waals surface area contributed by atoms with Gasteiger partial charge in [-0.15, -0.1) is 0 Å². The molecule has 0 bridgehead atoms. The van der Waals surface area contributed by atoms with Crippen LogP contribution in [-0.4, -0.2) is 78.6 Å². The molecule has 7 atom stereocenters. The predicted octanol–water partition coefficient (Wildman–Crippen LogP) is 0.652. The van der Waals surface area contributed by atoms with Gasteiger partial charge in [0.15, 0.2) is 0 Å². The molecule has 5 amide bonds. The standard InChI is InChI=1S/C27H45N5O8/c1-14(21(33)31-20-13-9-11-18(20)24(36)29-16(3)25(37)39-7)28-23(35)17-10-8-12-19(17)32-22(34)15(2)30-26(38)40-27(4,5)6/h14-20H,8-13H2,1-7H3,(H,28,35)(H,29,36)(H,30,38)(H,31,33)(H,32,34)/t14-,15-,16-,17-,18-,19-,20-/m0/s1. The molecule has 0 saturated heterocycles. The Bertz CT molecular complexity index is 965. The van der Waals surface area contributed by atoms with Gasteiger partial charge in [0.2, 0.25) is 23.6 Å². The Kier molecular flexibility index (Phi) is 11.7. The highest BCUT2D eigenvalue weighted by molar-refractivity contribution is 5.91. The van der Waals surface area contributed by atoms with Gasteiger partial charge >= 0.3 is 12.1 Å². The van der Waals surface area contributed by atoms with E-state index in [1.54, 1.807) is 27.7 Å². The van der Waals surface area contributed by atoms with Crippen molar-refractivity contribution in [3.05, 3.63) is 0 Å². The Labute approximate surface area is 235 Å². The van der Waals surface area contributed by atoms with E-state index in [1.165, 1.54) is 21.0 Å². The molecular weight excluding hydrogens is 522 g/mol. The van der Waals surface area contributed by atoms with Gasteiger partial charge in [-0.25, -0.2) is 9.59 Å². The minimum absolute atomic E-state index is 0.336. The number of hydrogen-bond acceptors (Lipinski definition) is 8. The van der Waals surface area contributed by atoms with E-state index in [1.807, 2.05) is 0 Å². The second-order valence-corrected chi connectivity index (χ2v) is 11.7. The van der Waals surface area contributed by atoms with Crippen molar-refractivity contribution in [2.75, 3.05) is 7.11 Å². The molecule has 2 aliphatic rings. The van der Waals surface area contributed by atoms with E-state index in [0.29, 0.717) is 25.7 Å². The number of carbonyl (C=O) groups excluding carboxylic acids is 6. The van der Waals surface area contributed by atoms with Crippen molar-refractivity contribution in [2.45, 2.75) is 116 Å². The average Bonchev–Trinajstić information content (AvgIpc) is 3.51. The van der Waals surface area contributed by atoms with Gasteiger partial charge in [0, 0.05) is 12.1 Å². The van der Waals surface area contributed by atoms with Crippen molar-refractivity contribution >= 4 is 35.7 Å². The second kappa shape index (κ2) is 14.3. The molecule has 2 aliphatic carbocycles. The number of nitrogens with one attached hydrogen (secondary N) is 5. The maximum atomic E-state index is 13.0. The topological polar surface area (TPSA) is 181 Å². The number of ether oxygens (including phenoxy) is 2. The summed E-state index contributed by atoms with van der Waals surface area (Å²) in [5.74, 6) is -3.13. The molecule has 5 N–H and O–H groups in total. The van der Waals surface area contributed by atoms with Crippen LogP contribution in [0.1, 0.15) is 80.1 Å². The quantitative estimate of drug-likeness (QED) is 0.239. The van der Waals surface area contributed by atoms with Crippen LogP contribution in [0.25, 0.3) is 0 Å². The van der Waals surface area contributed by atoms with Gasteiger partial charge in [-0.3, -0.25) is 19.2 Å². The molecule has 0 aromatic rings. The van der Waals surface area contributed by atoms with Crippen LogP contribution in [0, 0.1) is 11.8 Å². The summed E-state index contributed by atoms with van der Waals surface area (Å²) in [6, 6.07) is -3.39. The molecule has 0 aromatic heterocycles. The minimum atomic E-state index is -0.865. The number of carbonyl (C=O) groups is 6. The molecule has 13 nitrogen and oxygen atoms in total. The first-order valence-corrected chi connectivity index (χ1v) is 13.9. The average molecular weight is 568 g/mol. The summed E-state index contributed by atoms with van der Waals surface area (Å²) in [6.45, 7) is 9.78. The monoisotopic (exact) mass is 567 g/mol. The zero-order valence-corrected chi connectivity index (χ0v) is 24.6. The zero-order chi connectivity index (χ0) is 30.2. The van der Waals surface area contributed by atoms with E-state index in [0.717, 1.165) is 12.8 Å². The third kappa shape index (κ3) is 9.67. The van der Waals surface area contributed by atoms with Crippen molar-refractivity contribution in [1.29, 1.82) is 0 Å². The van der Waals surface area contributed by atoms with E-state index < -0.39 is 71.5 Å². The van der Waals surface area contributed by atoms with Crippen molar-refractivity contribution in [3.8, 4) is 0 Å². The lowest BCUT2D eigenvalue weighted by Gasteiger charge is -2.26. The maximum absolute atomic E-state index is 13.0. The minimum Gasteiger partial charge on any atom is -0.467 e. The Hall–Kier alpha value is -3.38. The number of alkyl carbamates (subject to hydrolysis) is 1. The Morgan fingerprint density at radius 1 is 0.675 bits per heavy atom. The van der Waals surface area contributed by atoms with Gasteiger partial charge in [-0.05, 0) is 67.2 Å². The lowest BCUT2D eigenvalue weighted by Crippen LogP contribution is -2.54.